The normalized spacial score (nSPS) is 12.4. The van der Waals surface area contributed by atoms with Gasteiger partial charge in [0, 0.05) is 12.3 Å². The lowest BCUT2D eigenvalue weighted by Gasteiger charge is -2.07. The molecule has 0 spiro atoms. The number of anilines is 1. The van der Waals surface area contributed by atoms with Crippen LogP contribution in [0.25, 0.3) is 0 Å². The molecule has 4 N–H and O–H groups in total. The molecule has 0 radical (unpaired) electrons. The summed E-state index contributed by atoms with van der Waals surface area (Å²) in [4.78, 5) is 6.90. The molecule has 0 saturated carbocycles. The van der Waals surface area contributed by atoms with Gasteiger partial charge >= 0.3 is 5.51 Å². The average molecular weight is 317 g/mol. The Kier molecular flexibility index (Phi) is 5.34. The van der Waals surface area contributed by atoms with Gasteiger partial charge in [-0.3, -0.25) is 5.43 Å². The number of thioether (sulfide) groups is 1. The van der Waals surface area contributed by atoms with E-state index in [0.29, 0.717) is 0 Å². The molecule has 1 rings (SSSR count). The zero-order valence-electron chi connectivity index (χ0n) is 9.31. The van der Waals surface area contributed by atoms with Crippen molar-refractivity contribution in [2.45, 2.75) is 10.4 Å². The second-order valence-corrected chi connectivity index (χ2v) is 6.01. The van der Waals surface area contributed by atoms with Crippen LogP contribution in [0.3, 0.4) is 0 Å². The first-order valence-corrected chi connectivity index (χ1v) is 7.20. The first-order chi connectivity index (χ1) is 8.74. The minimum atomic E-state index is -4.39. The molecular formula is C7H10F3N5O2S2. The number of nitrogens with zero attached hydrogens (tertiary/aromatic N) is 2. The number of hydrogen-bond donors (Lipinski definition) is 3. The third-order valence-corrected chi connectivity index (χ3v) is 3.88. The van der Waals surface area contributed by atoms with Crippen molar-refractivity contribution in [3.05, 3.63) is 12.4 Å². The third kappa shape index (κ3) is 5.59. The molecule has 0 unspecified atom stereocenters. The summed E-state index contributed by atoms with van der Waals surface area (Å²) in [6.45, 7) is -0.358. The van der Waals surface area contributed by atoms with Crippen LogP contribution in [-0.4, -0.2) is 36.2 Å². The fourth-order valence-corrected chi connectivity index (χ4v) is 2.44. The van der Waals surface area contributed by atoms with Crippen molar-refractivity contribution in [3.8, 4) is 0 Å². The first-order valence-electron chi connectivity index (χ1n) is 4.73. The molecule has 1 aromatic rings. The van der Waals surface area contributed by atoms with E-state index in [4.69, 9.17) is 5.84 Å². The molecule has 0 aliphatic heterocycles. The smallest absolute Gasteiger partial charge is 0.292 e. The Balaban J connectivity index is 2.56. The van der Waals surface area contributed by atoms with Gasteiger partial charge in [0.25, 0.3) is 0 Å². The maximum absolute atomic E-state index is 11.8. The van der Waals surface area contributed by atoms with Crippen molar-refractivity contribution in [2.24, 2.45) is 5.84 Å². The summed E-state index contributed by atoms with van der Waals surface area (Å²) in [5.74, 6) is 4.59. The lowest BCUT2D eigenvalue weighted by atomic mass is 10.7. The van der Waals surface area contributed by atoms with E-state index in [9.17, 15) is 21.6 Å². The number of hydrazine groups is 1. The number of nitrogens with two attached hydrogens (primary N) is 1. The van der Waals surface area contributed by atoms with Crippen molar-refractivity contribution in [1.82, 2.24) is 14.7 Å². The van der Waals surface area contributed by atoms with Gasteiger partial charge in [-0.2, -0.15) is 13.2 Å². The zero-order valence-corrected chi connectivity index (χ0v) is 10.9. The molecule has 1 heterocycles. The van der Waals surface area contributed by atoms with Gasteiger partial charge in [0.05, 0.1) is 12.4 Å². The number of nitrogens with one attached hydrogen (secondary N) is 2. The second-order valence-electron chi connectivity index (χ2n) is 3.08. The maximum atomic E-state index is 11.8. The minimum absolute atomic E-state index is 0.0200. The Morgan fingerprint density at radius 3 is 2.37 bits per heavy atom. The standard InChI is InChI=1S/C7H10F3N5O2S2/c8-7(9,10)18-2-1-14-19(16,17)5-3-12-6(15-11)13-4-5/h3-4,14H,1-2,11H2,(H,12,13,15). The minimum Gasteiger partial charge on any atom is -0.292 e. The van der Waals surface area contributed by atoms with Crippen LogP contribution in [0.2, 0.25) is 0 Å². The monoisotopic (exact) mass is 317 g/mol. The van der Waals surface area contributed by atoms with E-state index in [0.717, 1.165) is 12.4 Å². The van der Waals surface area contributed by atoms with Gasteiger partial charge in [-0.15, -0.1) is 0 Å². The summed E-state index contributed by atoms with van der Waals surface area (Å²) < 4.78 is 60.7. The highest BCUT2D eigenvalue weighted by Gasteiger charge is 2.27. The Bertz CT molecular complexity index is 504. The number of aromatic nitrogens is 2. The van der Waals surface area contributed by atoms with Gasteiger partial charge in [-0.25, -0.2) is 29.0 Å². The lowest BCUT2D eigenvalue weighted by molar-refractivity contribution is -0.0327. The average Bonchev–Trinajstić information content (AvgIpc) is 2.34. The summed E-state index contributed by atoms with van der Waals surface area (Å²) >= 11 is -0.309. The topological polar surface area (TPSA) is 110 Å². The summed E-state index contributed by atoms with van der Waals surface area (Å²) in [6, 6.07) is 0. The molecule has 7 nitrogen and oxygen atoms in total. The molecule has 0 bridgehead atoms. The quantitative estimate of drug-likeness (QED) is 0.393. The van der Waals surface area contributed by atoms with E-state index >= 15 is 0 Å². The van der Waals surface area contributed by atoms with E-state index in [2.05, 4.69) is 15.4 Å². The molecule has 0 aromatic carbocycles. The van der Waals surface area contributed by atoms with Crippen LogP contribution in [0, 0.1) is 0 Å². The second kappa shape index (κ2) is 6.36. The van der Waals surface area contributed by atoms with Crippen LogP contribution in [-0.2, 0) is 10.0 Å². The molecule has 0 aliphatic carbocycles. The van der Waals surface area contributed by atoms with E-state index in [1.165, 1.54) is 0 Å². The molecule has 0 aliphatic rings. The Labute approximate surface area is 111 Å². The lowest BCUT2D eigenvalue weighted by Crippen LogP contribution is -2.27. The number of halogens is 3. The van der Waals surface area contributed by atoms with E-state index in [-0.39, 0.29) is 29.2 Å². The number of hydrogen-bond acceptors (Lipinski definition) is 7. The maximum Gasteiger partial charge on any atom is 0.441 e. The van der Waals surface area contributed by atoms with E-state index in [1.54, 1.807) is 0 Å². The van der Waals surface area contributed by atoms with E-state index < -0.39 is 21.3 Å². The summed E-state index contributed by atoms with van der Waals surface area (Å²) in [5.41, 5.74) is -2.28. The van der Waals surface area contributed by atoms with Gasteiger partial charge < -0.3 is 0 Å². The molecule has 108 valence electrons. The van der Waals surface area contributed by atoms with Crippen molar-refractivity contribution < 1.29 is 21.6 Å². The van der Waals surface area contributed by atoms with Crippen molar-refractivity contribution in [1.29, 1.82) is 0 Å². The third-order valence-electron chi connectivity index (χ3n) is 1.73. The molecule has 0 amide bonds. The van der Waals surface area contributed by atoms with Crippen molar-refractivity contribution in [3.63, 3.8) is 0 Å². The SMILES string of the molecule is NNc1ncc(S(=O)(=O)NCCSC(F)(F)F)cn1. The molecule has 0 saturated heterocycles. The Hall–Kier alpha value is -1.11. The number of nitrogen functional groups attached to an aromatic ring is 1. The van der Waals surface area contributed by atoms with Crippen LogP contribution >= 0.6 is 11.8 Å². The molecular weight excluding hydrogens is 307 g/mol. The largest absolute Gasteiger partial charge is 0.441 e. The molecule has 0 atom stereocenters. The first kappa shape index (κ1) is 15.9. The van der Waals surface area contributed by atoms with Crippen LogP contribution in [0.15, 0.2) is 17.3 Å². The summed E-state index contributed by atoms with van der Waals surface area (Å²) in [5, 5.41) is 0. The number of rotatable bonds is 6. The predicted octanol–water partition coefficient (Wildman–Crippen LogP) is 0.293. The summed E-state index contributed by atoms with van der Waals surface area (Å²) in [6.07, 6.45) is 1.98. The van der Waals surface area contributed by atoms with E-state index in [1.807, 2.05) is 4.72 Å². The van der Waals surface area contributed by atoms with Crippen LogP contribution < -0.4 is 16.0 Å². The van der Waals surface area contributed by atoms with Gasteiger partial charge in [0.2, 0.25) is 16.0 Å². The van der Waals surface area contributed by atoms with Gasteiger partial charge in [-0.1, -0.05) is 0 Å². The Morgan fingerprint density at radius 1 is 1.32 bits per heavy atom. The molecule has 12 heteroatoms. The highest BCUT2D eigenvalue weighted by Crippen LogP contribution is 2.29. The Morgan fingerprint density at radius 2 is 1.89 bits per heavy atom. The van der Waals surface area contributed by atoms with Gasteiger partial charge in [0.1, 0.15) is 4.90 Å². The summed E-state index contributed by atoms with van der Waals surface area (Å²) in [7, 11) is -3.93. The van der Waals surface area contributed by atoms with Gasteiger partial charge in [-0.05, 0) is 11.8 Å². The number of alkyl halides is 3. The highest BCUT2D eigenvalue weighted by atomic mass is 32.2. The van der Waals surface area contributed by atoms with Crippen molar-refractivity contribution in [2.75, 3.05) is 17.7 Å². The molecule has 1 aromatic heterocycles. The van der Waals surface area contributed by atoms with Crippen molar-refractivity contribution >= 4 is 27.7 Å². The fraction of sp³-hybridized carbons (Fsp3) is 0.429. The van der Waals surface area contributed by atoms with Crippen LogP contribution in [0.5, 0.6) is 0 Å². The fourth-order valence-electron chi connectivity index (χ4n) is 0.956. The molecule has 19 heavy (non-hydrogen) atoms. The van der Waals surface area contributed by atoms with Crippen LogP contribution in [0.1, 0.15) is 0 Å². The van der Waals surface area contributed by atoms with Crippen LogP contribution in [0.4, 0.5) is 19.1 Å². The zero-order chi connectivity index (χ0) is 14.5. The highest BCUT2D eigenvalue weighted by molar-refractivity contribution is 8.00. The molecule has 0 fully saturated rings. The number of sulfonamides is 1. The predicted molar refractivity (Wildman–Crippen MR) is 63.5 cm³/mol. The van der Waals surface area contributed by atoms with Gasteiger partial charge in [0.15, 0.2) is 0 Å².